The smallest absolute Gasteiger partial charge is 0.0391 e. The Hall–Kier alpha value is -1.86. The van der Waals surface area contributed by atoms with Crippen LogP contribution in [0.4, 0.5) is 0 Å². The summed E-state index contributed by atoms with van der Waals surface area (Å²) in [5.41, 5.74) is 4.28. The number of hydrogen-bond donors (Lipinski definition) is 0. The predicted octanol–water partition coefficient (Wildman–Crippen LogP) is 4.34. The molecule has 1 aliphatic rings. The lowest BCUT2D eigenvalue weighted by atomic mass is 9.73. The predicted molar refractivity (Wildman–Crippen MR) is 90.5 cm³/mol. The van der Waals surface area contributed by atoms with E-state index in [1.807, 2.05) is 0 Å². The molecule has 0 radical (unpaired) electrons. The summed E-state index contributed by atoms with van der Waals surface area (Å²) in [6, 6.07) is 19.7. The van der Waals surface area contributed by atoms with Crippen LogP contribution in [0.1, 0.15) is 29.5 Å². The van der Waals surface area contributed by atoms with Crippen molar-refractivity contribution in [1.29, 1.82) is 0 Å². The monoisotopic (exact) mass is 277 g/mol. The summed E-state index contributed by atoms with van der Waals surface area (Å²) >= 11 is 0. The second-order valence-corrected chi connectivity index (χ2v) is 6.16. The van der Waals surface area contributed by atoms with Gasteiger partial charge in [-0.2, -0.15) is 0 Å². The third kappa shape index (κ3) is 2.66. The number of fused-ring (bicyclic) bond motifs is 1. The fourth-order valence-electron chi connectivity index (χ4n) is 3.39. The van der Waals surface area contributed by atoms with E-state index in [0.29, 0.717) is 0 Å². The molecule has 0 N–H and O–H groups in total. The summed E-state index contributed by atoms with van der Waals surface area (Å²) in [7, 11) is 4.29. The molecule has 1 aliphatic carbocycles. The van der Waals surface area contributed by atoms with E-state index in [4.69, 9.17) is 0 Å². The third-order valence-electron chi connectivity index (χ3n) is 4.45. The molecular formula is C20H23N. The van der Waals surface area contributed by atoms with Crippen molar-refractivity contribution >= 4 is 6.08 Å². The highest BCUT2D eigenvalue weighted by atomic mass is 15.0. The van der Waals surface area contributed by atoms with Crippen molar-refractivity contribution in [2.24, 2.45) is 0 Å². The van der Waals surface area contributed by atoms with Crippen LogP contribution < -0.4 is 0 Å². The maximum atomic E-state index is 2.41. The Kier molecular flexibility index (Phi) is 3.94. The molecule has 1 nitrogen and oxygen atoms in total. The van der Waals surface area contributed by atoms with Gasteiger partial charge in [-0.15, -0.1) is 0 Å². The molecule has 3 rings (SSSR count). The van der Waals surface area contributed by atoms with Gasteiger partial charge in [0.1, 0.15) is 0 Å². The van der Waals surface area contributed by atoms with E-state index < -0.39 is 0 Å². The van der Waals surface area contributed by atoms with Crippen molar-refractivity contribution < 1.29 is 0 Å². The lowest BCUT2D eigenvalue weighted by Crippen LogP contribution is -2.25. The standard InChI is InChI=1S/C20H23N/c1-21(2)16-8-14-20(18-10-4-3-5-11-18)15-13-17-9-6-7-12-19(17)20/h3-7,9-13,15H,8,14,16H2,1-2H3/t20-/m1/s1. The Morgan fingerprint density at radius 2 is 1.62 bits per heavy atom. The molecule has 0 spiro atoms. The number of rotatable bonds is 5. The van der Waals surface area contributed by atoms with Crippen LogP contribution >= 0.6 is 0 Å². The highest BCUT2D eigenvalue weighted by Crippen LogP contribution is 2.44. The van der Waals surface area contributed by atoms with Gasteiger partial charge in [-0.25, -0.2) is 0 Å². The fourth-order valence-corrected chi connectivity index (χ4v) is 3.39. The first-order valence-electron chi connectivity index (χ1n) is 7.71. The maximum absolute atomic E-state index is 2.41. The summed E-state index contributed by atoms with van der Waals surface area (Å²) < 4.78 is 0. The second kappa shape index (κ2) is 5.87. The third-order valence-corrected chi connectivity index (χ3v) is 4.45. The van der Waals surface area contributed by atoms with Crippen LogP contribution in [0.5, 0.6) is 0 Å². The summed E-state index contributed by atoms with van der Waals surface area (Å²) in [6.45, 7) is 1.13. The average molecular weight is 277 g/mol. The molecule has 0 saturated heterocycles. The number of nitrogens with zero attached hydrogens (tertiary/aromatic N) is 1. The van der Waals surface area contributed by atoms with Gasteiger partial charge in [0.2, 0.25) is 0 Å². The van der Waals surface area contributed by atoms with Gasteiger partial charge < -0.3 is 4.90 Å². The number of benzene rings is 2. The normalized spacial score (nSPS) is 20.0. The highest BCUT2D eigenvalue weighted by Gasteiger charge is 2.35. The topological polar surface area (TPSA) is 3.24 Å². The van der Waals surface area contributed by atoms with Crippen molar-refractivity contribution in [1.82, 2.24) is 4.90 Å². The van der Waals surface area contributed by atoms with Gasteiger partial charge in [0, 0.05) is 5.41 Å². The molecule has 2 aromatic rings. The zero-order valence-electron chi connectivity index (χ0n) is 12.9. The average Bonchev–Trinajstić information content (AvgIpc) is 2.88. The van der Waals surface area contributed by atoms with E-state index in [9.17, 15) is 0 Å². The molecule has 0 aliphatic heterocycles. The Balaban J connectivity index is 1.99. The molecule has 0 aromatic heterocycles. The zero-order valence-corrected chi connectivity index (χ0v) is 12.9. The lowest BCUT2D eigenvalue weighted by Gasteiger charge is -2.30. The fraction of sp³-hybridized carbons (Fsp3) is 0.300. The van der Waals surface area contributed by atoms with Gasteiger partial charge in [-0.1, -0.05) is 66.7 Å². The second-order valence-electron chi connectivity index (χ2n) is 6.16. The number of allylic oxidation sites excluding steroid dienone is 1. The lowest BCUT2D eigenvalue weighted by molar-refractivity contribution is 0.379. The van der Waals surface area contributed by atoms with Gasteiger partial charge in [0.25, 0.3) is 0 Å². The first-order valence-corrected chi connectivity index (χ1v) is 7.71. The van der Waals surface area contributed by atoms with Crippen molar-refractivity contribution in [3.63, 3.8) is 0 Å². The van der Waals surface area contributed by atoms with Crippen LogP contribution in [-0.4, -0.2) is 25.5 Å². The Morgan fingerprint density at radius 1 is 0.905 bits per heavy atom. The summed E-state index contributed by atoms with van der Waals surface area (Å²) in [5, 5.41) is 0. The minimum absolute atomic E-state index is 0.0495. The van der Waals surface area contributed by atoms with Gasteiger partial charge in [0.15, 0.2) is 0 Å². The van der Waals surface area contributed by atoms with Crippen LogP contribution in [0, 0.1) is 0 Å². The van der Waals surface area contributed by atoms with E-state index in [1.54, 1.807) is 0 Å². The highest BCUT2D eigenvalue weighted by molar-refractivity contribution is 5.68. The van der Waals surface area contributed by atoms with Gasteiger partial charge >= 0.3 is 0 Å². The molecule has 21 heavy (non-hydrogen) atoms. The quantitative estimate of drug-likeness (QED) is 0.785. The van der Waals surface area contributed by atoms with Crippen molar-refractivity contribution in [2.45, 2.75) is 18.3 Å². The van der Waals surface area contributed by atoms with Crippen LogP contribution in [0.25, 0.3) is 6.08 Å². The van der Waals surface area contributed by atoms with Crippen LogP contribution in [0.15, 0.2) is 60.7 Å². The molecule has 2 aromatic carbocycles. The molecule has 1 heteroatoms. The molecular weight excluding hydrogens is 254 g/mol. The van der Waals surface area contributed by atoms with Gasteiger partial charge in [-0.05, 0) is 50.2 Å². The van der Waals surface area contributed by atoms with E-state index >= 15 is 0 Å². The number of hydrogen-bond acceptors (Lipinski definition) is 1. The molecule has 0 bridgehead atoms. The first kappa shape index (κ1) is 14.1. The first-order chi connectivity index (χ1) is 10.2. The molecule has 0 fully saturated rings. The molecule has 1 atom stereocenters. The Bertz CT molecular complexity index is 627. The Morgan fingerprint density at radius 3 is 2.38 bits per heavy atom. The molecule has 0 saturated carbocycles. The largest absolute Gasteiger partial charge is 0.309 e. The van der Waals surface area contributed by atoms with Crippen LogP contribution in [0.2, 0.25) is 0 Å². The molecule has 0 amide bonds. The SMILES string of the molecule is CN(C)CCC[C@]1(c2ccccc2)C=Cc2ccccc21. The van der Waals surface area contributed by atoms with Crippen molar-refractivity contribution in [3.05, 3.63) is 77.4 Å². The van der Waals surface area contributed by atoms with Gasteiger partial charge in [-0.3, -0.25) is 0 Å². The minimum Gasteiger partial charge on any atom is -0.309 e. The molecule has 0 unspecified atom stereocenters. The van der Waals surface area contributed by atoms with Crippen LogP contribution in [0.3, 0.4) is 0 Å². The van der Waals surface area contributed by atoms with Crippen LogP contribution in [-0.2, 0) is 5.41 Å². The zero-order chi connectivity index (χ0) is 14.7. The van der Waals surface area contributed by atoms with E-state index in [2.05, 4.69) is 85.7 Å². The van der Waals surface area contributed by atoms with Crippen molar-refractivity contribution in [3.8, 4) is 0 Å². The van der Waals surface area contributed by atoms with Gasteiger partial charge in [0.05, 0.1) is 0 Å². The molecule has 108 valence electrons. The summed E-state index contributed by atoms with van der Waals surface area (Å²) in [5.74, 6) is 0. The molecule has 0 heterocycles. The Labute approximate surface area is 127 Å². The van der Waals surface area contributed by atoms with E-state index in [-0.39, 0.29) is 5.41 Å². The maximum Gasteiger partial charge on any atom is 0.0391 e. The summed E-state index contributed by atoms with van der Waals surface area (Å²) in [4.78, 5) is 2.27. The minimum atomic E-state index is 0.0495. The van der Waals surface area contributed by atoms with E-state index in [0.717, 1.165) is 13.0 Å². The van der Waals surface area contributed by atoms with E-state index in [1.165, 1.54) is 23.1 Å². The van der Waals surface area contributed by atoms with Crippen molar-refractivity contribution in [2.75, 3.05) is 20.6 Å². The summed E-state index contributed by atoms with van der Waals surface area (Å²) in [6.07, 6.45) is 7.05.